The minimum Gasteiger partial charge on any atom is -0.481 e. The summed E-state index contributed by atoms with van der Waals surface area (Å²) >= 11 is 0. The number of carbonyl (C=O) groups excluding carboxylic acids is 1. The molecule has 1 aliphatic heterocycles. The van der Waals surface area contributed by atoms with Crippen LogP contribution in [-0.2, 0) is 4.79 Å². The van der Waals surface area contributed by atoms with Gasteiger partial charge in [0.15, 0.2) is 0 Å². The molecule has 1 saturated carbocycles. The Morgan fingerprint density at radius 3 is 2.64 bits per heavy atom. The third-order valence-corrected chi connectivity index (χ3v) is 6.43. The van der Waals surface area contributed by atoms with Gasteiger partial charge >= 0.3 is 5.97 Å². The molecule has 2 heterocycles. The zero-order valence-corrected chi connectivity index (χ0v) is 15.4. The number of fused-ring (bicyclic) bond motifs is 2. The number of benzene rings is 2. The molecular formula is C22H21N3O3. The highest BCUT2D eigenvalue weighted by Crippen LogP contribution is 2.49. The molecule has 1 aliphatic carbocycles. The molecule has 1 amide bonds. The number of hydrogen-bond acceptors (Lipinski definition) is 3. The fourth-order valence-electron chi connectivity index (χ4n) is 4.91. The van der Waals surface area contributed by atoms with E-state index in [9.17, 15) is 14.7 Å². The van der Waals surface area contributed by atoms with Crippen molar-refractivity contribution < 1.29 is 14.7 Å². The lowest BCUT2D eigenvalue weighted by atomic mass is 9.81. The normalized spacial score (nSPS) is 23.9. The van der Waals surface area contributed by atoms with Crippen LogP contribution in [0.5, 0.6) is 0 Å². The molecular weight excluding hydrogens is 354 g/mol. The molecule has 3 aromatic rings. The van der Waals surface area contributed by atoms with Crippen molar-refractivity contribution in [1.82, 2.24) is 14.5 Å². The summed E-state index contributed by atoms with van der Waals surface area (Å²) in [5.41, 5.74) is 2.72. The standard InChI is InChI=1S/C22H21N3O3/c26-20(24-12-16-4-3-11-22(16,13-24)21(27)28)15-7-9-17(10-8-15)25-14-23-18-5-1-2-6-19(18)25/h1-2,5-10,14,16H,3-4,11-13H2,(H,27,28)/t16-,22+/m0/s1. The number of imidazole rings is 1. The molecule has 6 heteroatoms. The topological polar surface area (TPSA) is 75.4 Å². The number of aliphatic carboxylic acids is 1. The van der Waals surface area contributed by atoms with Gasteiger partial charge < -0.3 is 10.0 Å². The molecule has 0 bridgehead atoms. The first-order valence-electron chi connectivity index (χ1n) is 9.64. The van der Waals surface area contributed by atoms with Crippen molar-refractivity contribution in [2.45, 2.75) is 19.3 Å². The molecule has 1 aromatic heterocycles. The minimum absolute atomic E-state index is 0.0746. The maximum Gasteiger partial charge on any atom is 0.311 e. The van der Waals surface area contributed by atoms with E-state index in [0.717, 1.165) is 29.6 Å². The second-order valence-electron chi connectivity index (χ2n) is 7.89. The van der Waals surface area contributed by atoms with Crippen LogP contribution in [0.4, 0.5) is 0 Å². The highest BCUT2D eigenvalue weighted by atomic mass is 16.4. The number of likely N-dealkylation sites (tertiary alicyclic amines) is 1. The molecule has 0 spiro atoms. The van der Waals surface area contributed by atoms with Crippen molar-refractivity contribution in [3.63, 3.8) is 0 Å². The van der Waals surface area contributed by atoms with E-state index < -0.39 is 11.4 Å². The lowest BCUT2D eigenvalue weighted by Gasteiger charge is -2.23. The van der Waals surface area contributed by atoms with E-state index in [1.165, 1.54) is 0 Å². The van der Waals surface area contributed by atoms with E-state index in [1.807, 2.05) is 53.1 Å². The molecule has 6 nitrogen and oxygen atoms in total. The van der Waals surface area contributed by atoms with Crippen molar-refractivity contribution in [2.24, 2.45) is 11.3 Å². The van der Waals surface area contributed by atoms with Gasteiger partial charge in [0.2, 0.25) is 0 Å². The molecule has 2 atom stereocenters. The third-order valence-electron chi connectivity index (χ3n) is 6.43. The Bertz CT molecular complexity index is 1070. The lowest BCUT2D eigenvalue weighted by Crippen LogP contribution is -2.37. The molecule has 2 fully saturated rings. The van der Waals surface area contributed by atoms with Crippen molar-refractivity contribution >= 4 is 22.9 Å². The summed E-state index contributed by atoms with van der Waals surface area (Å²) in [6.07, 6.45) is 4.28. The summed E-state index contributed by atoms with van der Waals surface area (Å²) in [6, 6.07) is 15.3. The molecule has 0 unspecified atom stereocenters. The molecule has 2 aromatic carbocycles. The quantitative estimate of drug-likeness (QED) is 0.762. The Hall–Kier alpha value is -3.15. The van der Waals surface area contributed by atoms with Gasteiger partial charge in [0, 0.05) is 24.3 Å². The number of para-hydroxylation sites is 2. The summed E-state index contributed by atoms with van der Waals surface area (Å²) in [5.74, 6) is -0.768. The summed E-state index contributed by atoms with van der Waals surface area (Å²) in [5, 5.41) is 9.73. The van der Waals surface area contributed by atoms with E-state index in [-0.39, 0.29) is 11.8 Å². The van der Waals surface area contributed by atoms with Gasteiger partial charge in [0.05, 0.1) is 16.4 Å². The summed E-state index contributed by atoms with van der Waals surface area (Å²) in [4.78, 5) is 30.9. The monoisotopic (exact) mass is 375 g/mol. The van der Waals surface area contributed by atoms with Crippen molar-refractivity contribution in [3.8, 4) is 5.69 Å². The first-order valence-corrected chi connectivity index (χ1v) is 9.64. The van der Waals surface area contributed by atoms with E-state index in [1.54, 1.807) is 11.2 Å². The number of carbonyl (C=O) groups is 2. The van der Waals surface area contributed by atoms with Crippen LogP contribution < -0.4 is 0 Å². The number of amides is 1. The first kappa shape index (κ1) is 17.0. The van der Waals surface area contributed by atoms with Crippen LogP contribution in [0, 0.1) is 11.3 Å². The average molecular weight is 375 g/mol. The fraction of sp³-hybridized carbons (Fsp3) is 0.318. The summed E-state index contributed by atoms with van der Waals surface area (Å²) < 4.78 is 1.99. The Kier molecular flexibility index (Phi) is 3.75. The number of carboxylic acids is 1. The van der Waals surface area contributed by atoms with E-state index in [2.05, 4.69) is 4.98 Å². The zero-order chi connectivity index (χ0) is 19.3. The number of aromatic nitrogens is 2. The lowest BCUT2D eigenvalue weighted by molar-refractivity contribution is -0.149. The van der Waals surface area contributed by atoms with Crippen LogP contribution in [-0.4, -0.2) is 44.5 Å². The fourth-order valence-corrected chi connectivity index (χ4v) is 4.91. The number of nitrogens with zero attached hydrogens (tertiary/aromatic N) is 3. The van der Waals surface area contributed by atoms with Gasteiger partial charge in [-0.15, -0.1) is 0 Å². The highest BCUT2D eigenvalue weighted by Gasteiger charge is 2.55. The predicted molar refractivity (Wildman–Crippen MR) is 104 cm³/mol. The van der Waals surface area contributed by atoms with Crippen LogP contribution in [0.2, 0.25) is 0 Å². The largest absolute Gasteiger partial charge is 0.481 e. The Balaban J connectivity index is 1.39. The van der Waals surface area contributed by atoms with E-state index in [4.69, 9.17) is 0 Å². The van der Waals surface area contributed by atoms with Gasteiger partial charge in [-0.25, -0.2) is 4.98 Å². The van der Waals surface area contributed by atoms with Crippen LogP contribution in [0.15, 0.2) is 54.9 Å². The second-order valence-corrected chi connectivity index (χ2v) is 7.89. The summed E-state index contributed by atoms with van der Waals surface area (Å²) in [7, 11) is 0. The van der Waals surface area contributed by atoms with Crippen LogP contribution >= 0.6 is 0 Å². The number of hydrogen-bond donors (Lipinski definition) is 1. The number of carboxylic acid groups (broad SMARTS) is 1. The number of rotatable bonds is 3. The predicted octanol–water partition coefficient (Wildman–Crippen LogP) is 3.35. The Morgan fingerprint density at radius 1 is 1.11 bits per heavy atom. The van der Waals surface area contributed by atoms with Crippen molar-refractivity contribution in [3.05, 3.63) is 60.4 Å². The minimum atomic E-state index is -0.757. The molecule has 142 valence electrons. The van der Waals surface area contributed by atoms with Gasteiger partial charge in [-0.1, -0.05) is 18.6 Å². The zero-order valence-electron chi connectivity index (χ0n) is 15.4. The third kappa shape index (κ3) is 2.44. The smallest absolute Gasteiger partial charge is 0.311 e. The molecule has 2 aliphatic rings. The first-order chi connectivity index (χ1) is 13.6. The van der Waals surface area contributed by atoms with Gasteiger partial charge in [0.25, 0.3) is 5.91 Å². The second kappa shape index (κ2) is 6.19. The summed E-state index contributed by atoms with van der Waals surface area (Å²) in [6.45, 7) is 0.860. The van der Waals surface area contributed by atoms with Gasteiger partial charge in [-0.05, 0) is 55.2 Å². The van der Waals surface area contributed by atoms with Gasteiger partial charge in [0.1, 0.15) is 6.33 Å². The van der Waals surface area contributed by atoms with Crippen LogP contribution in [0.25, 0.3) is 16.7 Å². The maximum atomic E-state index is 13.0. The van der Waals surface area contributed by atoms with Crippen molar-refractivity contribution in [2.75, 3.05) is 13.1 Å². The molecule has 28 heavy (non-hydrogen) atoms. The van der Waals surface area contributed by atoms with Crippen molar-refractivity contribution in [1.29, 1.82) is 0 Å². The molecule has 1 N–H and O–H groups in total. The highest BCUT2D eigenvalue weighted by molar-refractivity contribution is 5.95. The maximum absolute atomic E-state index is 13.0. The molecule has 5 rings (SSSR count). The van der Waals surface area contributed by atoms with Gasteiger partial charge in [-0.3, -0.25) is 14.2 Å². The van der Waals surface area contributed by atoms with Crippen LogP contribution in [0.3, 0.4) is 0 Å². The SMILES string of the molecule is O=C(c1ccc(-n2cnc3ccccc32)cc1)N1C[C@@H]2CCC[C@@]2(C(=O)O)C1. The Morgan fingerprint density at radius 2 is 1.89 bits per heavy atom. The molecule has 1 saturated heterocycles. The molecule has 0 radical (unpaired) electrons. The van der Waals surface area contributed by atoms with E-state index in [0.29, 0.717) is 25.1 Å². The van der Waals surface area contributed by atoms with E-state index >= 15 is 0 Å². The van der Waals surface area contributed by atoms with Crippen LogP contribution in [0.1, 0.15) is 29.6 Å². The Labute approximate surface area is 162 Å². The van der Waals surface area contributed by atoms with Gasteiger partial charge in [-0.2, -0.15) is 0 Å². The average Bonchev–Trinajstić information content (AvgIpc) is 3.40.